The minimum atomic E-state index is -0.342. The van der Waals surface area contributed by atoms with E-state index in [1.807, 2.05) is 12.1 Å². The van der Waals surface area contributed by atoms with Gasteiger partial charge in [0, 0.05) is 37.1 Å². The summed E-state index contributed by atoms with van der Waals surface area (Å²) in [6.07, 6.45) is 4.37. The largest absolute Gasteiger partial charge is 0.381 e. The average molecular weight is 260 g/mol. The highest BCUT2D eigenvalue weighted by Gasteiger charge is 2.26. The number of amides is 1. The van der Waals surface area contributed by atoms with Gasteiger partial charge in [-0.05, 0) is 49.4 Å². The maximum atomic E-state index is 11.3. The summed E-state index contributed by atoms with van der Waals surface area (Å²) >= 11 is 0. The zero-order valence-electron chi connectivity index (χ0n) is 11.1. The summed E-state index contributed by atoms with van der Waals surface area (Å²) in [4.78, 5) is 13.8. The number of hydrogen-bond acceptors (Lipinski definition) is 3. The number of aryl methyl sites for hydroxylation is 1. The molecule has 3 rings (SSSR count). The van der Waals surface area contributed by atoms with Gasteiger partial charge >= 0.3 is 0 Å². The molecule has 0 spiro atoms. The van der Waals surface area contributed by atoms with E-state index in [1.165, 1.54) is 11.3 Å². The number of benzene rings is 1. The topological polar surface area (TPSA) is 55.6 Å². The van der Waals surface area contributed by atoms with Crippen LogP contribution < -0.4 is 10.6 Å². The van der Waals surface area contributed by atoms with Crippen molar-refractivity contribution in [3.05, 3.63) is 29.3 Å². The zero-order chi connectivity index (χ0) is 13.2. The fraction of sp³-hybridized carbons (Fsp3) is 0.533. The Morgan fingerprint density at radius 3 is 2.84 bits per heavy atom. The van der Waals surface area contributed by atoms with Crippen molar-refractivity contribution in [2.75, 3.05) is 24.7 Å². The molecule has 0 saturated carbocycles. The lowest BCUT2D eigenvalue weighted by molar-refractivity contribution is 0.0841. The van der Waals surface area contributed by atoms with Crippen LogP contribution in [0.5, 0.6) is 0 Å². The van der Waals surface area contributed by atoms with Gasteiger partial charge in [-0.15, -0.1) is 0 Å². The molecule has 19 heavy (non-hydrogen) atoms. The van der Waals surface area contributed by atoms with Crippen molar-refractivity contribution < 1.29 is 9.53 Å². The lowest BCUT2D eigenvalue weighted by atomic mass is 9.95. The summed E-state index contributed by atoms with van der Waals surface area (Å²) in [5.41, 5.74) is 8.51. The number of carbonyl (C=O) groups excluding carboxylic acids is 1. The first kappa shape index (κ1) is 12.5. The lowest BCUT2D eigenvalue weighted by Crippen LogP contribution is -2.42. The second-order valence-corrected chi connectivity index (χ2v) is 5.35. The summed E-state index contributed by atoms with van der Waals surface area (Å²) in [7, 11) is 0. The number of nitrogens with zero attached hydrogens (tertiary/aromatic N) is 1. The predicted molar refractivity (Wildman–Crippen MR) is 74.5 cm³/mol. The van der Waals surface area contributed by atoms with Crippen LogP contribution in [0.15, 0.2) is 18.2 Å². The SMILES string of the molecule is NC(=O)c1ccc2c(c1)CCCN2C1CCOCC1. The van der Waals surface area contributed by atoms with Gasteiger partial charge in [0.05, 0.1) is 0 Å². The normalized spacial score (nSPS) is 20.1. The van der Waals surface area contributed by atoms with E-state index >= 15 is 0 Å². The first-order chi connectivity index (χ1) is 9.25. The molecule has 0 aliphatic carbocycles. The predicted octanol–water partition coefficient (Wildman–Crippen LogP) is 1.72. The van der Waals surface area contributed by atoms with E-state index < -0.39 is 0 Å². The van der Waals surface area contributed by atoms with E-state index in [1.54, 1.807) is 0 Å². The molecule has 1 amide bonds. The van der Waals surface area contributed by atoms with E-state index in [-0.39, 0.29) is 5.91 Å². The lowest BCUT2D eigenvalue weighted by Gasteiger charge is -2.39. The molecule has 4 nitrogen and oxygen atoms in total. The number of primary amides is 1. The quantitative estimate of drug-likeness (QED) is 0.881. The van der Waals surface area contributed by atoms with Gasteiger partial charge in [-0.2, -0.15) is 0 Å². The van der Waals surface area contributed by atoms with Crippen molar-refractivity contribution in [2.45, 2.75) is 31.7 Å². The molecule has 0 radical (unpaired) electrons. The second kappa shape index (κ2) is 5.21. The maximum Gasteiger partial charge on any atom is 0.248 e. The molecular weight excluding hydrogens is 240 g/mol. The second-order valence-electron chi connectivity index (χ2n) is 5.35. The van der Waals surface area contributed by atoms with Crippen LogP contribution in [-0.2, 0) is 11.2 Å². The minimum absolute atomic E-state index is 0.342. The van der Waals surface area contributed by atoms with E-state index in [0.717, 1.165) is 45.4 Å². The first-order valence-electron chi connectivity index (χ1n) is 7.03. The van der Waals surface area contributed by atoms with Crippen molar-refractivity contribution >= 4 is 11.6 Å². The molecule has 2 aliphatic heterocycles. The number of fused-ring (bicyclic) bond motifs is 1. The van der Waals surface area contributed by atoms with E-state index in [9.17, 15) is 4.79 Å². The third-order valence-corrected chi connectivity index (χ3v) is 4.15. The number of nitrogens with two attached hydrogens (primary N) is 1. The van der Waals surface area contributed by atoms with Crippen LogP contribution in [0, 0.1) is 0 Å². The summed E-state index contributed by atoms with van der Waals surface area (Å²) in [5, 5.41) is 0. The maximum absolute atomic E-state index is 11.3. The summed E-state index contributed by atoms with van der Waals surface area (Å²) in [6, 6.07) is 6.44. The smallest absolute Gasteiger partial charge is 0.248 e. The first-order valence-corrected chi connectivity index (χ1v) is 7.03. The van der Waals surface area contributed by atoms with Gasteiger partial charge in [0.2, 0.25) is 5.91 Å². The molecule has 1 aromatic carbocycles. The van der Waals surface area contributed by atoms with Gasteiger partial charge in [-0.1, -0.05) is 0 Å². The zero-order valence-corrected chi connectivity index (χ0v) is 11.1. The molecule has 0 aromatic heterocycles. The number of ether oxygens (including phenoxy) is 1. The number of rotatable bonds is 2. The van der Waals surface area contributed by atoms with E-state index in [2.05, 4.69) is 11.0 Å². The highest BCUT2D eigenvalue weighted by Crippen LogP contribution is 2.32. The van der Waals surface area contributed by atoms with Crippen molar-refractivity contribution in [3.63, 3.8) is 0 Å². The van der Waals surface area contributed by atoms with Gasteiger partial charge in [-0.3, -0.25) is 4.79 Å². The molecule has 2 heterocycles. The van der Waals surface area contributed by atoms with Gasteiger partial charge < -0.3 is 15.4 Å². The van der Waals surface area contributed by atoms with Gasteiger partial charge in [0.1, 0.15) is 0 Å². The van der Waals surface area contributed by atoms with Crippen molar-refractivity contribution in [3.8, 4) is 0 Å². The molecular formula is C15H20N2O2. The third kappa shape index (κ3) is 2.45. The molecule has 2 N–H and O–H groups in total. The Hall–Kier alpha value is -1.55. The standard InChI is InChI=1S/C15H20N2O2/c16-15(18)12-3-4-14-11(10-12)2-1-7-17(14)13-5-8-19-9-6-13/h3-4,10,13H,1-2,5-9H2,(H2,16,18). The van der Waals surface area contributed by atoms with E-state index in [0.29, 0.717) is 11.6 Å². The van der Waals surface area contributed by atoms with Gasteiger partial charge in [0.15, 0.2) is 0 Å². The van der Waals surface area contributed by atoms with Crippen LogP contribution in [-0.4, -0.2) is 31.7 Å². The molecule has 4 heteroatoms. The van der Waals surface area contributed by atoms with Crippen molar-refractivity contribution in [2.24, 2.45) is 5.73 Å². The fourth-order valence-electron chi connectivity index (χ4n) is 3.16. The monoisotopic (exact) mass is 260 g/mol. The molecule has 1 fully saturated rings. The van der Waals surface area contributed by atoms with Crippen LogP contribution >= 0.6 is 0 Å². The fourth-order valence-corrected chi connectivity index (χ4v) is 3.16. The molecule has 102 valence electrons. The Morgan fingerprint density at radius 1 is 1.32 bits per heavy atom. The highest BCUT2D eigenvalue weighted by molar-refractivity contribution is 5.93. The Labute approximate surface area is 113 Å². The molecule has 0 atom stereocenters. The number of hydrogen-bond donors (Lipinski definition) is 1. The molecule has 1 aromatic rings. The molecule has 0 bridgehead atoms. The third-order valence-electron chi connectivity index (χ3n) is 4.15. The summed E-state index contributed by atoms with van der Waals surface area (Å²) in [5.74, 6) is -0.342. The van der Waals surface area contributed by atoms with Crippen LogP contribution in [0.3, 0.4) is 0 Å². The van der Waals surface area contributed by atoms with Gasteiger partial charge in [0.25, 0.3) is 0 Å². The molecule has 2 aliphatic rings. The Bertz CT molecular complexity index is 481. The van der Waals surface area contributed by atoms with Crippen LogP contribution in [0.4, 0.5) is 5.69 Å². The van der Waals surface area contributed by atoms with E-state index in [4.69, 9.17) is 10.5 Å². The van der Waals surface area contributed by atoms with Crippen LogP contribution in [0.25, 0.3) is 0 Å². The average Bonchev–Trinajstić information content (AvgIpc) is 2.47. The van der Waals surface area contributed by atoms with Crippen LogP contribution in [0.1, 0.15) is 35.2 Å². The minimum Gasteiger partial charge on any atom is -0.381 e. The Balaban J connectivity index is 1.89. The number of anilines is 1. The number of carbonyl (C=O) groups is 1. The molecule has 1 saturated heterocycles. The Morgan fingerprint density at radius 2 is 2.11 bits per heavy atom. The summed E-state index contributed by atoms with van der Waals surface area (Å²) in [6.45, 7) is 2.82. The van der Waals surface area contributed by atoms with Crippen molar-refractivity contribution in [1.29, 1.82) is 0 Å². The van der Waals surface area contributed by atoms with Crippen LogP contribution in [0.2, 0.25) is 0 Å². The Kier molecular flexibility index (Phi) is 3.42. The highest BCUT2D eigenvalue weighted by atomic mass is 16.5. The molecule has 0 unspecified atom stereocenters. The van der Waals surface area contributed by atoms with Gasteiger partial charge in [-0.25, -0.2) is 0 Å². The summed E-state index contributed by atoms with van der Waals surface area (Å²) < 4.78 is 5.44. The van der Waals surface area contributed by atoms with Crippen molar-refractivity contribution in [1.82, 2.24) is 0 Å².